The quantitative estimate of drug-likeness (QED) is 0.701. The Morgan fingerprint density at radius 3 is 3.16 bits per heavy atom. The second-order valence-electron chi connectivity index (χ2n) is 4.46. The average Bonchev–Trinajstić information content (AvgIpc) is 3.06. The zero-order valence-electron chi connectivity index (χ0n) is 10.8. The van der Waals surface area contributed by atoms with Crippen LogP contribution in [0.3, 0.4) is 0 Å². The second kappa shape index (κ2) is 5.50. The summed E-state index contributed by atoms with van der Waals surface area (Å²) in [5.41, 5.74) is 3.19. The molecule has 0 aliphatic heterocycles. The number of hydrogen-bond acceptors (Lipinski definition) is 4. The van der Waals surface area contributed by atoms with Crippen LogP contribution in [0.5, 0.6) is 0 Å². The molecule has 0 aliphatic rings. The summed E-state index contributed by atoms with van der Waals surface area (Å²) in [4.78, 5) is 12.2. The fraction of sp³-hybridized carbons (Fsp3) is 0.286. The Hall–Kier alpha value is -1.72. The minimum Gasteiger partial charge on any atom is -0.341 e. The second-order valence-corrected chi connectivity index (χ2v) is 5.41. The summed E-state index contributed by atoms with van der Waals surface area (Å²) in [5, 5.41) is 5.42. The zero-order chi connectivity index (χ0) is 13.1. The molecule has 5 heteroatoms. The summed E-state index contributed by atoms with van der Waals surface area (Å²) in [7, 11) is 0. The molecule has 4 nitrogen and oxygen atoms in total. The highest BCUT2D eigenvalue weighted by Gasteiger charge is 2.05. The molecule has 0 radical (unpaired) electrons. The predicted molar refractivity (Wildman–Crippen MR) is 79.2 cm³/mol. The summed E-state index contributed by atoms with van der Waals surface area (Å²) in [5.74, 6) is 0.885. The van der Waals surface area contributed by atoms with Crippen molar-refractivity contribution in [2.45, 2.75) is 19.9 Å². The van der Waals surface area contributed by atoms with Crippen molar-refractivity contribution in [1.82, 2.24) is 20.3 Å². The minimum atomic E-state index is 0.829. The number of hydrogen-bond donors (Lipinski definition) is 2. The van der Waals surface area contributed by atoms with E-state index in [1.807, 2.05) is 18.5 Å². The van der Waals surface area contributed by atoms with Gasteiger partial charge in [-0.2, -0.15) is 0 Å². The van der Waals surface area contributed by atoms with Crippen molar-refractivity contribution in [1.29, 1.82) is 0 Å². The van der Waals surface area contributed by atoms with Crippen molar-refractivity contribution in [2.24, 2.45) is 0 Å². The Labute approximate surface area is 115 Å². The van der Waals surface area contributed by atoms with Gasteiger partial charge < -0.3 is 10.3 Å². The molecule has 98 valence electrons. The van der Waals surface area contributed by atoms with Crippen LogP contribution >= 0.6 is 11.3 Å². The van der Waals surface area contributed by atoms with Crippen LogP contribution in [0.1, 0.15) is 19.0 Å². The van der Waals surface area contributed by atoms with Crippen LogP contribution in [0.4, 0.5) is 0 Å². The van der Waals surface area contributed by atoms with Crippen molar-refractivity contribution >= 4 is 21.6 Å². The van der Waals surface area contributed by atoms with Gasteiger partial charge in [0.05, 0.1) is 10.2 Å². The molecule has 0 amide bonds. The number of aromatic amines is 1. The summed E-state index contributed by atoms with van der Waals surface area (Å²) in [6.45, 7) is 4.01. The van der Waals surface area contributed by atoms with Crippen LogP contribution in [0.15, 0.2) is 29.9 Å². The highest BCUT2D eigenvalue weighted by Crippen LogP contribution is 2.24. The van der Waals surface area contributed by atoms with Crippen LogP contribution in [-0.2, 0) is 6.54 Å². The number of pyridine rings is 1. The van der Waals surface area contributed by atoms with E-state index < -0.39 is 0 Å². The first-order chi connectivity index (χ1) is 9.36. The number of nitrogens with one attached hydrogen (secondary N) is 2. The lowest BCUT2D eigenvalue weighted by Crippen LogP contribution is -2.13. The number of nitrogens with zero attached hydrogens (tertiary/aromatic N) is 2. The lowest BCUT2D eigenvalue weighted by Gasteiger charge is -1.99. The summed E-state index contributed by atoms with van der Waals surface area (Å²) in [6.07, 6.45) is 4.90. The molecule has 0 saturated carbocycles. The van der Waals surface area contributed by atoms with Crippen molar-refractivity contribution in [3.8, 4) is 11.4 Å². The molecule has 3 aromatic heterocycles. The Kier molecular flexibility index (Phi) is 3.57. The van der Waals surface area contributed by atoms with Gasteiger partial charge in [0.2, 0.25) is 0 Å². The maximum Gasteiger partial charge on any atom is 0.139 e. The van der Waals surface area contributed by atoms with E-state index in [0.29, 0.717) is 0 Å². The molecule has 2 N–H and O–H groups in total. The molecule has 3 heterocycles. The van der Waals surface area contributed by atoms with E-state index in [0.717, 1.165) is 42.1 Å². The fourth-order valence-electron chi connectivity index (χ4n) is 1.97. The first-order valence-electron chi connectivity index (χ1n) is 6.45. The monoisotopic (exact) mass is 272 g/mol. The molecule has 0 aromatic carbocycles. The third-order valence-corrected chi connectivity index (χ3v) is 3.80. The third-order valence-electron chi connectivity index (χ3n) is 2.95. The molecule has 0 fully saturated rings. The van der Waals surface area contributed by atoms with Gasteiger partial charge in [-0.1, -0.05) is 6.92 Å². The smallest absolute Gasteiger partial charge is 0.139 e. The number of aromatic nitrogens is 3. The van der Waals surface area contributed by atoms with Gasteiger partial charge >= 0.3 is 0 Å². The Morgan fingerprint density at radius 1 is 1.32 bits per heavy atom. The molecule has 0 bridgehead atoms. The van der Waals surface area contributed by atoms with Gasteiger partial charge in [0, 0.05) is 30.2 Å². The molecule has 19 heavy (non-hydrogen) atoms. The van der Waals surface area contributed by atoms with Gasteiger partial charge in [-0.25, -0.2) is 4.98 Å². The number of H-pyrrole nitrogens is 1. The summed E-state index contributed by atoms with van der Waals surface area (Å²) < 4.78 is 1.19. The molecule has 0 aliphatic carbocycles. The van der Waals surface area contributed by atoms with E-state index >= 15 is 0 Å². The van der Waals surface area contributed by atoms with Crippen LogP contribution < -0.4 is 5.32 Å². The molecule has 3 rings (SSSR count). The highest BCUT2D eigenvalue weighted by atomic mass is 32.1. The van der Waals surface area contributed by atoms with E-state index in [9.17, 15) is 0 Å². The molecule has 0 spiro atoms. The molecule has 0 atom stereocenters. The number of thiophene rings is 1. The van der Waals surface area contributed by atoms with Gasteiger partial charge in [0.25, 0.3) is 0 Å². The number of rotatable bonds is 5. The van der Waals surface area contributed by atoms with E-state index in [-0.39, 0.29) is 0 Å². The van der Waals surface area contributed by atoms with Gasteiger partial charge in [0.1, 0.15) is 5.82 Å². The Balaban J connectivity index is 1.81. The topological polar surface area (TPSA) is 53.6 Å². The maximum atomic E-state index is 4.44. The normalized spacial score (nSPS) is 11.2. The predicted octanol–water partition coefficient (Wildman–Crippen LogP) is 3.19. The minimum absolute atomic E-state index is 0.829. The van der Waals surface area contributed by atoms with Gasteiger partial charge in [-0.15, -0.1) is 11.3 Å². The standard InChI is InChI=1S/C14H16N4S/c1-2-4-15-8-11-9-17-14(18-11)10-6-13-12(16-7-10)3-5-19-13/h3,5-7,9,15H,2,4,8H2,1H3,(H,17,18). The van der Waals surface area contributed by atoms with Gasteiger partial charge in [-0.3, -0.25) is 4.98 Å². The highest BCUT2D eigenvalue weighted by molar-refractivity contribution is 7.17. The van der Waals surface area contributed by atoms with Crippen LogP contribution in [-0.4, -0.2) is 21.5 Å². The Morgan fingerprint density at radius 2 is 2.26 bits per heavy atom. The largest absolute Gasteiger partial charge is 0.341 e. The maximum absolute atomic E-state index is 4.44. The molecule has 0 saturated heterocycles. The van der Waals surface area contributed by atoms with E-state index in [2.05, 4.69) is 38.6 Å². The summed E-state index contributed by atoms with van der Waals surface area (Å²) >= 11 is 1.70. The molecule has 0 unspecified atom stereocenters. The van der Waals surface area contributed by atoms with Crippen LogP contribution in [0, 0.1) is 0 Å². The third kappa shape index (κ3) is 2.67. The lowest BCUT2D eigenvalue weighted by molar-refractivity contribution is 0.667. The molecule has 3 aromatic rings. The zero-order valence-corrected chi connectivity index (χ0v) is 11.6. The lowest BCUT2D eigenvalue weighted by atomic mass is 10.2. The molecular weight excluding hydrogens is 256 g/mol. The molecular formula is C14H16N4S. The van der Waals surface area contributed by atoms with Crippen LogP contribution in [0.2, 0.25) is 0 Å². The van der Waals surface area contributed by atoms with Crippen molar-refractivity contribution in [3.05, 3.63) is 35.6 Å². The van der Waals surface area contributed by atoms with E-state index in [4.69, 9.17) is 0 Å². The fourth-order valence-corrected chi connectivity index (χ4v) is 2.75. The van der Waals surface area contributed by atoms with Crippen molar-refractivity contribution in [2.75, 3.05) is 6.54 Å². The average molecular weight is 272 g/mol. The van der Waals surface area contributed by atoms with Gasteiger partial charge in [0.15, 0.2) is 0 Å². The van der Waals surface area contributed by atoms with Crippen LogP contribution in [0.25, 0.3) is 21.6 Å². The van der Waals surface area contributed by atoms with Gasteiger partial charge in [-0.05, 0) is 30.5 Å². The SMILES string of the molecule is CCCNCc1cnc(-c2cnc3ccsc3c2)[nH]1. The number of imidazole rings is 1. The summed E-state index contributed by atoms with van der Waals surface area (Å²) in [6, 6.07) is 4.17. The van der Waals surface area contributed by atoms with E-state index in [1.165, 1.54) is 4.70 Å². The Bertz CT molecular complexity index is 671. The number of fused-ring (bicyclic) bond motifs is 1. The van der Waals surface area contributed by atoms with Crippen molar-refractivity contribution < 1.29 is 0 Å². The van der Waals surface area contributed by atoms with Crippen molar-refractivity contribution in [3.63, 3.8) is 0 Å². The van der Waals surface area contributed by atoms with E-state index in [1.54, 1.807) is 11.3 Å². The first-order valence-corrected chi connectivity index (χ1v) is 7.33. The first kappa shape index (κ1) is 12.3.